The van der Waals surface area contributed by atoms with Gasteiger partial charge in [0.15, 0.2) is 0 Å². The number of benzene rings is 3. The minimum atomic E-state index is -4.29. The molecule has 0 bridgehead atoms. The molecule has 3 aromatic rings. The normalized spacial score (nSPS) is 16.9. The van der Waals surface area contributed by atoms with Crippen LogP contribution in [0.4, 0.5) is 23.2 Å². The molecule has 236 valence electrons. The molecule has 0 saturated carbocycles. The van der Waals surface area contributed by atoms with Gasteiger partial charge in [0.25, 0.3) is 5.91 Å². The third-order valence-corrected chi connectivity index (χ3v) is 8.68. The van der Waals surface area contributed by atoms with Crippen LogP contribution in [0.3, 0.4) is 0 Å². The zero-order valence-corrected chi connectivity index (χ0v) is 26.1. The van der Waals surface area contributed by atoms with Crippen LogP contribution >= 0.6 is 11.6 Å². The van der Waals surface area contributed by atoms with Gasteiger partial charge in [0.2, 0.25) is 5.91 Å². The number of carbonyl (C=O) groups is 2. The molecular formula is C34H38ClF4N3O2. The van der Waals surface area contributed by atoms with E-state index in [1.807, 2.05) is 13.8 Å². The molecule has 1 aliphatic rings. The van der Waals surface area contributed by atoms with Crippen molar-refractivity contribution in [2.75, 3.05) is 18.4 Å². The van der Waals surface area contributed by atoms with Gasteiger partial charge in [0, 0.05) is 23.8 Å². The number of likely N-dealkylation sites (tertiary alicyclic amines) is 1. The number of aryl methyl sites for hydroxylation is 2. The Morgan fingerprint density at radius 2 is 1.77 bits per heavy atom. The molecule has 0 radical (unpaired) electrons. The van der Waals surface area contributed by atoms with Crippen molar-refractivity contribution in [3.8, 4) is 0 Å². The summed E-state index contributed by atoms with van der Waals surface area (Å²) in [4.78, 5) is 30.6. The Balaban J connectivity index is 1.70. The van der Waals surface area contributed by atoms with Gasteiger partial charge in [-0.15, -0.1) is 0 Å². The van der Waals surface area contributed by atoms with E-state index in [9.17, 15) is 22.8 Å². The first-order valence-corrected chi connectivity index (χ1v) is 15.2. The van der Waals surface area contributed by atoms with E-state index < -0.39 is 35.9 Å². The van der Waals surface area contributed by atoms with Crippen molar-refractivity contribution in [1.82, 2.24) is 9.80 Å². The molecule has 3 aromatic carbocycles. The Morgan fingerprint density at radius 1 is 1.07 bits per heavy atom. The summed E-state index contributed by atoms with van der Waals surface area (Å²) < 4.78 is 55.6. The summed E-state index contributed by atoms with van der Waals surface area (Å²) in [7, 11) is 0. The highest BCUT2D eigenvalue weighted by molar-refractivity contribution is 6.31. The van der Waals surface area contributed by atoms with Crippen LogP contribution in [0.25, 0.3) is 0 Å². The van der Waals surface area contributed by atoms with E-state index in [0.717, 1.165) is 5.56 Å². The first-order valence-electron chi connectivity index (χ1n) is 14.8. The summed E-state index contributed by atoms with van der Waals surface area (Å²) >= 11 is 6.27. The lowest BCUT2D eigenvalue weighted by atomic mass is 9.90. The summed E-state index contributed by atoms with van der Waals surface area (Å²) in [6, 6.07) is 14.3. The molecule has 5 nitrogen and oxygen atoms in total. The van der Waals surface area contributed by atoms with Gasteiger partial charge in [0.1, 0.15) is 11.9 Å². The third kappa shape index (κ3) is 7.61. The van der Waals surface area contributed by atoms with Gasteiger partial charge in [-0.05, 0) is 80.1 Å². The monoisotopic (exact) mass is 631 g/mol. The smallest absolute Gasteiger partial charge is 0.331 e. The number of amides is 2. The average molecular weight is 632 g/mol. The minimum absolute atomic E-state index is 0.0623. The molecule has 0 aromatic heterocycles. The Morgan fingerprint density at radius 3 is 2.39 bits per heavy atom. The van der Waals surface area contributed by atoms with Gasteiger partial charge >= 0.3 is 6.18 Å². The maximum Gasteiger partial charge on any atom is 0.404 e. The highest BCUT2D eigenvalue weighted by atomic mass is 35.5. The molecule has 0 aliphatic carbocycles. The van der Waals surface area contributed by atoms with Gasteiger partial charge in [-0.25, -0.2) is 4.39 Å². The topological polar surface area (TPSA) is 52.7 Å². The first kappa shape index (κ1) is 33.5. The lowest BCUT2D eigenvalue weighted by Crippen LogP contribution is -2.42. The predicted molar refractivity (Wildman–Crippen MR) is 165 cm³/mol. The molecule has 4 rings (SSSR count). The van der Waals surface area contributed by atoms with Gasteiger partial charge in [-0.2, -0.15) is 13.2 Å². The number of hydrogen-bond donors (Lipinski definition) is 1. The van der Waals surface area contributed by atoms with Crippen LogP contribution in [0.2, 0.25) is 5.02 Å². The minimum Gasteiger partial charge on any atom is -0.331 e. The van der Waals surface area contributed by atoms with E-state index in [-0.39, 0.29) is 31.0 Å². The van der Waals surface area contributed by atoms with Gasteiger partial charge in [-0.3, -0.25) is 14.5 Å². The molecule has 0 unspecified atom stereocenters. The maximum atomic E-state index is 15.0. The Bertz CT molecular complexity index is 1460. The molecule has 10 heteroatoms. The number of anilines is 1. The molecule has 1 N–H and O–H groups in total. The van der Waals surface area contributed by atoms with Crippen LogP contribution in [0, 0.1) is 25.6 Å². The zero-order valence-electron chi connectivity index (χ0n) is 25.3. The average Bonchev–Trinajstić information content (AvgIpc) is 3.44. The molecule has 1 aliphatic heterocycles. The van der Waals surface area contributed by atoms with Crippen molar-refractivity contribution in [3.05, 3.63) is 99.3 Å². The molecule has 1 saturated heterocycles. The molecular weight excluding hydrogens is 594 g/mol. The van der Waals surface area contributed by atoms with Crippen molar-refractivity contribution in [2.24, 2.45) is 5.92 Å². The van der Waals surface area contributed by atoms with Crippen LogP contribution in [0.1, 0.15) is 71.8 Å². The third-order valence-electron chi connectivity index (χ3n) is 8.27. The number of hydrogen-bond acceptors (Lipinski definition) is 3. The number of alkyl halides is 3. The summed E-state index contributed by atoms with van der Waals surface area (Å²) in [6.45, 7) is 7.83. The van der Waals surface area contributed by atoms with E-state index >= 15 is 4.39 Å². The Kier molecular flexibility index (Phi) is 10.7. The van der Waals surface area contributed by atoms with E-state index in [4.69, 9.17) is 11.6 Å². The first-order chi connectivity index (χ1) is 20.8. The quantitative estimate of drug-likeness (QED) is 0.228. The number of nitrogens with one attached hydrogen (secondary N) is 1. The Hall–Kier alpha value is -3.43. The van der Waals surface area contributed by atoms with Gasteiger partial charge in [-0.1, -0.05) is 67.9 Å². The fraction of sp³-hybridized carbons (Fsp3) is 0.412. The molecule has 1 fully saturated rings. The predicted octanol–water partition coefficient (Wildman–Crippen LogP) is 8.49. The van der Waals surface area contributed by atoms with E-state index in [2.05, 4.69) is 5.32 Å². The van der Waals surface area contributed by atoms with Crippen molar-refractivity contribution in [3.63, 3.8) is 0 Å². The van der Waals surface area contributed by atoms with Crippen molar-refractivity contribution in [1.29, 1.82) is 0 Å². The number of halogens is 5. The van der Waals surface area contributed by atoms with Gasteiger partial charge < -0.3 is 10.2 Å². The molecule has 1 heterocycles. The fourth-order valence-corrected chi connectivity index (χ4v) is 6.08. The molecule has 0 spiro atoms. The summed E-state index contributed by atoms with van der Waals surface area (Å²) in [5, 5.41) is 3.38. The van der Waals surface area contributed by atoms with E-state index in [0.29, 0.717) is 46.8 Å². The van der Waals surface area contributed by atoms with Crippen LogP contribution in [0.5, 0.6) is 0 Å². The SMILES string of the molecule is CCCN(C(=O)c1c(C)cccc1F)[C@@H](c1ccc(CN2CCC[C@@H]2C(F)(F)F)cc1)[C@H](C)C(=O)Nc1ccc(C)c(Cl)c1. The zero-order chi connectivity index (χ0) is 32.2. The van der Waals surface area contributed by atoms with Gasteiger partial charge in [0.05, 0.1) is 17.5 Å². The van der Waals surface area contributed by atoms with E-state index in [1.165, 1.54) is 21.9 Å². The van der Waals surface area contributed by atoms with Crippen molar-refractivity contribution < 1.29 is 27.2 Å². The molecule has 3 atom stereocenters. The summed E-state index contributed by atoms with van der Waals surface area (Å²) in [6.07, 6.45) is -3.19. The summed E-state index contributed by atoms with van der Waals surface area (Å²) in [5.41, 5.74) is 3.06. The van der Waals surface area contributed by atoms with Crippen LogP contribution in [-0.2, 0) is 11.3 Å². The van der Waals surface area contributed by atoms with Crippen LogP contribution in [-0.4, -0.2) is 46.9 Å². The number of carbonyl (C=O) groups excluding carboxylic acids is 2. The number of rotatable bonds is 10. The van der Waals surface area contributed by atoms with Crippen LogP contribution < -0.4 is 5.32 Å². The van der Waals surface area contributed by atoms with E-state index in [1.54, 1.807) is 62.4 Å². The van der Waals surface area contributed by atoms with Crippen molar-refractivity contribution in [2.45, 2.75) is 71.8 Å². The lowest BCUT2D eigenvalue weighted by Gasteiger charge is -2.36. The second-order valence-corrected chi connectivity index (χ2v) is 11.9. The van der Waals surface area contributed by atoms with Crippen molar-refractivity contribution >= 4 is 29.1 Å². The molecule has 44 heavy (non-hydrogen) atoms. The highest BCUT2D eigenvalue weighted by Gasteiger charge is 2.45. The highest BCUT2D eigenvalue weighted by Crippen LogP contribution is 2.36. The standard InChI is InChI=1S/C34H38ClF4N3O2/c1-5-17-42(33(44)30-22(3)8-6-9-28(30)36)31(23(4)32(43)40-26-16-11-21(2)27(35)19-26)25-14-12-24(13-15-25)20-41-18-7-10-29(41)34(37,38)39/h6,8-9,11-16,19,23,29,31H,5,7,10,17-18,20H2,1-4H3,(H,40,43)/t23-,29+,31+/m0/s1. The fourth-order valence-electron chi connectivity index (χ4n) is 5.90. The lowest BCUT2D eigenvalue weighted by molar-refractivity contribution is -0.177. The number of nitrogens with zero attached hydrogens (tertiary/aromatic N) is 2. The molecule has 2 amide bonds. The second-order valence-electron chi connectivity index (χ2n) is 11.5. The Labute approximate surface area is 261 Å². The largest absolute Gasteiger partial charge is 0.404 e. The van der Waals surface area contributed by atoms with Crippen LogP contribution in [0.15, 0.2) is 60.7 Å². The summed E-state index contributed by atoms with van der Waals surface area (Å²) in [5.74, 6) is -2.36. The maximum absolute atomic E-state index is 15.0. The second kappa shape index (κ2) is 14.1.